The van der Waals surface area contributed by atoms with Gasteiger partial charge < -0.3 is 10.4 Å². The van der Waals surface area contributed by atoms with Crippen LogP contribution < -0.4 is 5.32 Å². The molecule has 0 spiro atoms. The summed E-state index contributed by atoms with van der Waals surface area (Å²) in [6.45, 7) is 0.664. The standard InChI is InChI=1S/C14H18FNO2S/c15-11-1-3-13(4-2-11)19-6-5-14(18)16-9-10-7-12(17)8-10/h1-4,10,12,17H,5-9H2,(H,16,18). The van der Waals surface area contributed by atoms with Crippen LogP contribution in [-0.2, 0) is 4.79 Å². The molecule has 1 amide bonds. The molecule has 0 bridgehead atoms. The molecule has 0 aliphatic heterocycles. The van der Waals surface area contributed by atoms with E-state index < -0.39 is 0 Å². The smallest absolute Gasteiger partial charge is 0.220 e. The van der Waals surface area contributed by atoms with E-state index in [0.29, 0.717) is 24.6 Å². The van der Waals surface area contributed by atoms with Gasteiger partial charge >= 0.3 is 0 Å². The number of aliphatic hydroxyl groups excluding tert-OH is 1. The third-order valence-electron chi connectivity index (χ3n) is 3.21. The van der Waals surface area contributed by atoms with E-state index in [-0.39, 0.29) is 17.8 Å². The van der Waals surface area contributed by atoms with Crippen molar-refractivity contribution >= 4 is 17.7 Å². The number of aliphatic hydroxyl groups is 1. The number of rotatable bonds is 6. The normalized spacial score (nSPS) is 21.8. The molecule has 0 radical (unpaired) electrons. The molecule has 104 valence electrons. The number of carbonyl (C=O) groups excluding carboxylic acids is 1. The van der Waals surface area contributed by atoms with Gasteiger partial charge in [0, 0.05) is 23.6 Å². The van der Waals surface area contributed by atoms with Crippen molar-refractivity contribution in [3.8, 4) is 0 Å². The van der Waals surface area contributed by atoms with E-state index >= 15 is 0 Å². The summed E-state index contributed by atoms with van der Waals surface area (Å²) in [6, 6.07) is 6.27. The van der Waals surface area contributed by atoms with Gasteiger partial charge in [-0.05, 0) is 43.0 Å². The number of thioether (sulfide) groups is 1. The summed E-state index contributed by atoms with van der Waals surface area (Å²) in [4.78, 5) is 12.5. The lowest BCUT2D eigenvalue weighted by Crippen LogP contribution is -2.38. The second kappa shape index (κ2) is 6.91. The number of nitrogens with one attached hydrogen (secondary N) is 1. The van der Waals surface area contributed by atoms with Crippen molar-refractivity contribution in [3.63, 3.8) is 0 Å². The SMILES string of the molecule is O=C(CCSc1ccc(F)cc1)NCC1CC(O)C1. The molecule has 1 aliphatic carbocycles. The minimum Gasteiger partial charge on any atom is -0.393 e. The highest BCUT2D eigenvalue weighted by Gasteiger charge is 2.26. The molecule has 19 heavy (non-hydrogen) atoms. The van der Waals surface area contributed by atoms with E-state index in [1.807, 2.05) is 0 Å². The molecule has 0 atom stereocenters. The number of hydrogen-bond acceptors (Lipinski definition) is 3. The summed E-state index contributed by atoms with van der Waals surface area (Å²) >= 11 is 1.54. The van der Waals surface area contributed by atoms with Crippen LogP contribution in [0.4, 0.5) is 4.39 Å². The molecule has 3 nitrogen and oxygen atoms in total. The predicted molar refractivity (Wildman–Crippen MR) is 73.5 cm³/mol. The molecule has 0 aromatic heterocycles. The number of hydrogen-bond donors (Lipinski definition) is 2. The first-order valence-corrected chi connectivity index (χ1v) is 7.45. The van der Waals surface area contributed by atoms with Crippen LogP contribution in [0.5, 0.6) is 0 Å². The Hall–Kier alpha value is -1.07. The van der Waals surface area contributed by atoms with Gasteiger partial charge in [-0.25, -0.2) is 4.39 Å². The lowest BCUT2D eigenvalue weighted by molar-refractivity contribution is -0.121. The highest BCUT2D eigenvalue weighted by Crippen LogP contribution is 2.26. The zero-order chi connectivity index (χ0) is 13.7. The van der Waals surface area contributed by atoms with E-state index in [2.05, 4.69) is 5.32 Å². The minimum atomic E-state index is -0.246. The second-order valence-corrected chi connectivity index (χ2v) is 6.02. The highest BCUT2D eigenvalue weighted by molar-refractivity contribution is 7.99. The maximum absolute atomic E-state index is 12.7. The Bertz CT molecular complexity index is 418. The Morgan fingerprint density at radius 3 is 2.68 bits per heavy atom. The fourth-order valence-electron chi connectivity index (χ4n) is 2.01. The molecule has 1 saturated carbocycles. The van der Waals surface area contributed by atoms with Gasteiger partial charge in [-0.15, -0.1) is 11.8 Å². The van der Waals surface area contributed by atoms with E-state index in [9.17, 15) is 9.18 Å². The second-order valence-electron chi connectivity index (χ2n) is 4.85. The predicted octanol–water partition coefficient (Wildman–Crippen LogP) is 2.20. The molecular weight excluding hydrogens is 265 g/mol. The Morgan fingerprint density at radius 1 is 1.37 bits per heavy atom. The van der Waals surface area contributed by atoms with Crippen LogP contribution in [0.1, 0.15) is 19.3 Å². The lowest BCUT2D eigenvalue weighted by Gasteiger charge is -2.31. The van der Waals surface area contributed by atoms with Crippen molar-refractivity contribution in [2.45, 2.75) is 30.3 Å². The zero-order valence-corrected chi connectivity index (χ0v) is 11.5. The first-order valence-electron chi connectivity index (χ1n) is 6.46. The molecule has 1 aliphatic rings. The maximum atomic E-state index is 12.7. The zero-order valence-electron chi connectivity index (χ0n) is 10.6. The molecule has 0 heterocycles. The van der Waals surface area contributed by atoms with Crippen molar-refractivity contribution in [2.24, 2.45) is 5.92 Å². The number of carbonyl (C=O) groups is 1. The minimum absolute atomic E-state index is 0.0380. The Labute approximate surface area is 116 Å². The summed E-state index contributed by atoms with van der Waals surface area (Å²) in [5.41, 5.74) is 0. The van der Waals surface area contributed by atoms with Gasteiger partial charge in [-0.3, -0.25) is 4.79 Å². The monoisotopic (exact) mass is 283 g/mol. The summed E-state index contributed by atoms with van der Waals surface area (Å²) in [7, 11) is 0. The summed E-state index contributed by atoms with van der Waals surface area (Å²) in [5, 5.41) is 12.0. The fourth-order valence-corrected chi connectivity index (χ4v) is 2.86. The highest BCUT2D eigenvalue weighted by atomic mass is 32.2. The molecule has 0 unspecified atom stereocenters. The fraction of sp³-hybridized carbons (Fsp3) is 0.500. The van der Waals surface area contributed by atoms with Crippen LogP contribution in [0.25, 0.3) is 0 Å². The third kappa shape index (κ3) is 4.84. The first kappa shape index (κ1) is 14.3. The molecule has 1 fully saturated rings. The Morgan fingerprint density at radius 2 is 2.05 bits per heavy atom. The molecule has 1 aromatic carbocycles. The van der Waals surface area contributed by atoms with E-state index in [4.69, 9.17) is 5.11 Å². The van der Waals surface area contributed by atoms with Crippen LogP contribution in [0.2, 0.25) is 0 Å². The largest absolute Gasteiger partial charge is 0.393 e. The van der Waals surface area contributed by atoms with Crippen LogP contribution in [0.15, 0.2) is 29.2 Å². The molecule has 5 heteroatoms. The molecule has 2 N–H and O–H groups in total. The Balaban J connectivity index is 1.57. The van der Waals surface area contributed by atoms with Crippen molar-refractivity contribution in [1.29, 1.82) is 0 Å². The lowest BCUT2D eigenvalue weighted by atomic mass is 9.82. The first-order chi connectivity index (χ1) is 9.13. The van der Waals surface area contributed by atoms with Crippen LogP contribution in [0, 0.1) is 11.7 Å². The summed E-state index contributed by atoms with van der Waals surface area (Å²) in [5.74, 6) is 0.912. The molecule has 2 rings (SSSR count). The van der Waals surface area contributed by atoms with Crippen molar-refractivity contribution < 1.29 is 14.3 Å². The van der Waals surface area contributed by atoms with Crippen molar-refractivity contribution in [2.75, 3.05) is 12.3 Å². The Kier molecular flexibility index (Phi) is 5.22. The quantitative estimate of drug-likeness (QED) is 0.787. The van der Waals surface area contributed by atoms with Gasteiger partial charge in [0.1, 0.15) is 5.82 Å². The number of halogens is 1. The van der Waals surface area contributed by atoms with Crippen molar-refractivity contribution in [1.82, 2.24) is 5.32 Å². The van der Waals surface area contributed by atoms with Crippen LogP contribution in [-0.4, -0.2) is 29.4 Å². The average Bonchev–Trinajstić information content (AvgIpc) is 2.36. The van der Waals surface area contributed by atoms with Crippen molar-refractivity contribution in [3.05, 3.63) is 30.1 Å². The van der Waals surface area contributed by atoms with E-state index in [1.54, 1.807) is 23.9 Å². The molecule has 1 aromatic rings. The van der Waals surface area contributed by atoms with E-state index in [1.165, 1.54) is 12.1 Å². The van der Waals surface area contributed by atoms with Gasteiger partial charge in [-0.1, -0.05) is 0 Å². The topological polar surface area (TPSA) is 49.3 Å². The summed E-state index contributed by atoms with van der Waals surface area (Å²) < 4.78 is 12.7. The summed E-state index contributed by atoms with van der Waals surface area (Å²) in [6.07, 6.45) is 1.88. The van der Waals surface area contributed by atoms with Gasteiger partial charge in [0.2, 0.25) is 5.91 Å². The van der Waals surface area contributed by atoms with Crippen LogP contribution >= 0.6 is 11.8 Å². The van der Waals surface area contributed by atoms with E-state index in [0.717, 1.165) is 17.7 Å². The molecular formula is C14H18FNO2S. The maximum Gasteiger partial charge on any atom is 0.220 e. The van der Waals surface area contributed by atoms with Gasteiger partial charge in [0.15, 0.2) is 0 Å². The number of benzene rings is 1. The average molecular weight is 283 g/mol. The van der Waals surface area contributed by atoms with Gasteiger partial charge in [-0.2, -0.15) is 0 Å². The van der Waals surface area contributed by atoms with Gasteiger partial charge in [0.05, 0.1) is 6.10 Å². The number of amides is 1. The van der Waals surface area contributed by atoms with Gasteiger partial charge in [0.25, 0.3) is 0 Å². The molecule has 0 saturated heterocycles. The third-order valence-corrected chi connectivity index (χ3v) is 4.22. The van der Waals surface area contributed by atoms with Crippen LogP contribution in [0.3, 0.4) is 0 Å².